The van der Waals surface area contributed by atoms with Crippen LogP contribution in [-0.2, 0) is 21.4 Å². The molecule has 0 saturated heterocycles. The van der Waals surface area contributed by atoms with Crippen LogP contribution in [0.1, 0.15) is 24.5 Å². The van der Waals surface area contributed by atoms with Gasteiger partial charge in [-0.25, -0.2) is 8.42 Å². The molecule has 2 aromatic carbocycles. The molecule has 0 unspecified atom stereocenters. The molecule has 6 nitrogen and oxygen atoms in total. The predicted octanol–water partition coefficient (Wildman–Crippen LogP) is 2.72. The Labute approximate surface area is 161 Å². The molecule has 1 N–H and O–H groups in total. The molecular weight excluding hydrogens is 364 g/mol. The van der Waals surface area contributed by atoms with E-state index in [2.05, 4.69) is 5.32 Å². The fourth-order valence-corrected chi connectivity index (χ4v) is 4.24. The Morgan fingerprint density at radius 1 is 1.15 bits per heavy atom. The molecular formula is C20H26N2O4S. The molecule has 0 aliphatic carbocycles. The lowest BCUT2D eigenvalue weighted by Gasteiger charge is -2.23. The maximum Gasteiger partial charge on any atom is 0.247 e. The van der Waals surface area contributed by atoms with Gasteiger partial charge in [0.25, 0.3) is 0 Å². The highest BCUT2D eigenvalue weighted by Gasteiger charge is 2.29. The van der Waals surface area contributed by atoms with Crippen LogP contribution in [0.5, 0.6) is 5.75 Å². The van der Waals surface area contributed by atoms with E-state index in [-0.39, 0.29) is 29.6 Å². The summed E-state index contributed by atoms with van der Waals surface area (Å²) in [7, 11) is -2.51. The van der Waals surface area contributed by atoms with Crippen LogP contribution in [0.3, 0.4) is 0 Å². The van der Waals surface area contributed by atoms with Crippen LogP contribution >= 0.6 is 0 Å². The van der Waals surface area contributed by atoms with E-state index in [0.29, 0.717) is 6.54 Å². The van der Waals surface area contributed by atoms with Gasteiger partial charge in [0.2, 0.25) is 15.9 Å². The number of methoxy groups -OCH3 is 1. The van der Waals surface area contributed by atoms with Crippen molar-refractivity contribution in [3.8, 4) is 5.75 Å². The average Bonchev–Trinajstić information content (AvgIpc) is 2.66. The number of aryl methyl sites for hydroxylation is 1. The lowest BCUT2D eigenvalue weighted by atomic mass is 10.2. The van der Waals surface area contributed by atoms with Gasteiger partial charge >= 0.3 is 0 Å². The van der Waals surface area contributed by atoms with E-state index in [1.54, 1.807) is 18.2 Å². The molecule has 0 saturated carbocycles. The molecule has 0 bridgehead atoms. The van der Waals surface area contributed by atoms with Gasteiger partial charge in [0.05, 0.1) is 13.7 Å². The first-order valence-corrected chi connectivity index (χ1v) is 10.3. The second-order valence-corrected chi connectivity index (χ2v) is 8.17. The number of ether oxygens (including phenoxy) is 1. The summed E-state index contributed by atoms with van der Waals surface area (Å²) in [6.07, 6.45) is 0.781. The van der Waals surface area contributed by atoms with Gasteiger partial charge in [-0.15, -0.1) is 0 Å². The van der Waals surface area contributed by atoms with Crippen molar-refractivity contribution in [2.45, 2.75) is 31.7 Å². The van der Waals surface area contributed by atoms with Crippen LogP contribution in [0, 0.1) is 6.92 Å². The van der Waals surface area contributed by atoms with Crippen molar-refractivity contribution in [2.75, 3.05) is 20.2 Å². The molecule has 0 heterocycles. The molecule has 0 aliphatic heterocycles. The summed E-state index contributed by atoms with van der Waals surface area (Å²) >= 11 is 0. The Bertz CT molecular complexity index is 867. The van der Waals surface area contributed by atoms with E-state index in [9.17, 15) is 13.2 Å². The summed E-state index contributed by atoms with van der Waals surface area (Å²) < 4.78 is 33.1. The molecule has 2 aromatic rings. The van der Waals surface area contributed by atoms with Gasteiger partial charge in [-0.3, -0.25) is 4.79 Å². The smallest absolute Gasteiger partial charge is 0.247 e. The number of nitrogens with zero attached hydrogens (tertiary/aromatic N) is 1. The van der Waals surface area contributed by atoms with E-state index < -0.39 is 10.0 Å². The number of sulfonamides is 1. The standard InChI is InChI=1S/C20H26N2O4S/c1-4-12-21-20(23)15-22(14-17-8-6-5-7-9-17)27(24,25)19-13-16(2)10-11-18(19)26-3/h5-11,13H,4,12,14-15H2,1-3H3,(H,21,23). The number of hydrogen-bond donors (Lipinski definition) is 1. The van der Waals surface area contributed by atoms with E-state index in [1.807, 2.05) is 44.2 Å². The number of carbonyl (C=O) groups is 1. The monoisotopic (exact) mass is 390 g/mol. The maximum absolute atomic E-state index is 13.3. The highest BCUT2D eigenvalue weighted by molar-refractivity contribution is 7.89. The largest absolute Gasteiger partial charge is 0.495 e. The molecule has 0 radical (unpaired) electrons. The quantitative estimate of drug-likeness (QED) is 0.714. The van der Waals surface area contributed by atoms with E-state index in [0.717, 1.165) is 17.5 Å². The number of hydrogen-bond acceptors (Lipinski definition) is 4. The molecule has 0 aliphatic rings. The van der Waals surface area contributed by atoms with Crippen molar-refractivity contribution >= 4 is 15.9 Å². The zero-order valence-corrected chi connectivity index (χ0v) is 16.8. The fraction of sp³-hybridized carbons (Fsp3) is 0.350. The summed E-state index contributed by atoms with van der Waals surface area (Å²) in [4.78, 5) is 12.3. The Morgan fingerprint density at radius 3 is 2.48 bits per heavy atom. The van der Waals surface area contributed by atoms with Crippen molar-refractivity contribution in [3.05, 3.63) is 59.7 Å². The summed E-state index contributed by atoms with van der Waals surface area (Å²) in [6, 6.07) is 14.2. The summed E-state index contributed by atoms with van der Waals surface area (Å²) in [5, 5.41) is 2.74. The number of carbonyl (C=O) groups excluding carboxylic acids is 1. The van der Waals surface area contributed by atoms with E-state index >= 15 is 0 Å². The van der Waals surface area contributed by atoms with Crippen LogP contribution in [0.25, 0.3) is 0 Å². The van der Waals surface area contributed by atoms with Crippen molar-refractivity contribution < 1.29 is 17.9 Å². The molecule has 0 spiro atoms. The van der Waals surface area contributed by atoms with Crippen LogP contribution in [0.2, 0.25) is 0 Å². The molecule has 7 heteroatoms. The third kappa shape index (κ3) is 5.55. The Morgan fingerprint density at radius 2 is 1.85 bits per heavy atom. The third-order valence-corrected chi connectivity index (χ3v) is 5.84. The first kappa shape index (κ1) is 20.9. The van der Waals surface area contributed by atoms with E-state index in [1.165, 1.54) is 11.4 Å². The number of rotatable bonds is 9. The van der Waals surface area contributed by atoms with Crippen molar-refractivity contribution in [1.82, 2.24) is 9.62 Å². The minimum absolute atomic E-state index is 0.0595. The minimum atomic E-state index is -3.94. The van der Waals surface area contributed by atoms with Crippen molar-refractivity contribution in [1.29, 1.82) is 0 Å². The van der Waals surface area contributed by atoms with Gasteiger partial charge in [0.1, 0.15) is 10.6 Å². The summed E-state index contributed by atoms with van der Waals surface area (Å²) in [5.41, 5.74) is 1.60. The van der Waals surface area contributed by atoms with Gasteiger partial charge in [0, 0.05) is 13.1 Å². The molecule has 0 aromatic heterocycles. The third-order valence-electron chi connectivity index (χ3n) is 4.03. The lowest BCUT2D eigenvalue weighted by molar-refractivity contribution is -0.121. The first-order valence-electron chi connectivity index (χ1n) is 8.84. The molecule has 0 fully saturated rings. The SMILES string of the molecule is CCCNC(=O)CN(Cc1ccccc1)S(=O)(=O)c1cc(C)ccc1OC. The summed E-state index contributed by atoms with van der Waals surface area (Å²) in [5.74, 6) is -0.0735. The van der Waals surface area contributed by atoms with Gasteiger partial charge in [-0.05, 0) is 36.6 Å². The highest BCUT2D eigenvalue weighted by Crippen LogP contribution is 2.28. The van der Waals surface area contributed by atoms with Crippen molar-refractivity contribution in [3.63, 3.8) is 0 Å². The number of benzene rings is 2. The van der Waals surface area contributed by atoms with Gasteiger partial charge in [-0.1, -0.05) is 43.3 Å². The van der Waals surface area contributed by atoms with Crippen LogP contribution < -0.4 is 10.1 Å². The topological polar surface area (TPSA) is 75.7 Å². The molecule has 27 heavy (non-hydrogen) atoms. The van der Waals surface area contributed by atoms with Gasteiger partial charge in [-0.2, -0.15) is 4.31 Å². The zero-order chi connectivity index (χ0) is 19.9. The Hall–Kier alpha value is -2.38. The lowest BCUT2D eigenvalue weighted by Crippen LogP contribution is -2.40. The van der Waals surface area contributed by atoms with Crippen LogP contribution in [0.4, 0.5) is 0 Å². The molecule has 1 amide bonds. The molecule has 2 rings (SSSR count). The predicted molar refractivity (Wildman–Crippen MR) is 105 cm³/mol. The van der Waals surface area contributed by atoms with Crippen molar-refractivity contribution in [2.24, 2.45) is 0 Å². The zero-order valence-electron chi connectivity index (χ0n) is 15.9. The number of amides is 1. The summed E-state index contributed by atoms with van der Waals surface area (Å²) in [6.45, 7) is 4.10. The molecule has 0 atom stereocenters. The first-order chi connectivity index (χ1) is 12.9. The second kappa shape index (κ2) is 9.53. The minimum Gasteiger partial charge on any atom is -0.495 e. The number of nitrogens with one attached hydrogen (secondary N) is 1. The maximum atomic E-state index is 13.3. The normalized spacial score (nSPS) is 11.4. The van der Waals surface area contributed by atoms with E-state index in [4.69, 9.17) is 4.74 Å². The average molecular weight is 391 g/mol. The molecule has 146 valence electrons. The Balaban J connectivity index is 2.41. The van der Waals surface area contributed by atoms with Crippen LogP contribution in [-0.4, -0.2) is 38.8 Å². The Kier molecular flexibility index (Phi) is 7.38. The fourth-order valence-electron chi connectivity index (χ4n) is 2.62. The second-order valence-electron chi connectivity index (χ2n) is 6.26. The van der Waals surface area contributed by atoms with Crippen LogP contribution in [0.15, 0.2) is 53.4 Å². The van der Waals surface area contributed by atoms with Gasteiger partial charge in [0.15, 0.2) is 0 Å². The van der Waals surface area contributed by atoms with Gasteiger partial charge < -0.3 is 10.1 Å². The highest BCUT2D eigenvalue weighted by atomic mass is 32.2.